The smallest absolute Gasteiger partial charge is 0.283 e. The predicted molar refractivity (Wildman–Crippen MR) is 84.5 cm³/mol. The number of halogens is 2. The van der Waals surface area contributed by atoms with Crippen molar-refractivity contribution in [2.75, 3.05) is 0 Å². The lowest BCUT2D eigenvalue weighted by Gasteiger charge is -2.15. The van der Waals surface area contributed by atoms with Crippen LogP contribution in [-0.2, 0) is 13.0 Å². The summed E-state index contributed by atoms with van der Waals surface area (Å²) in [5, 5.41) is 0.841. The first-order valence-corrected chi connectivity index (χ1v) is 7.75. The minimum Gasteiger partial charge on any atom is -0.417 e. The van der Waals surface area contributed by atoms with Gasteiger partial charge in [-0.3, -0.25) is 9.36 Å². The first-order chi connectivity index (χ1) is 10.6. The minimum atomic E-state index is -0.169. The van der Waals surface area contributed by atoms with Crippen molar-refractivity contribution in [3.8, 4) is 11.5 Å². The number of oxazole rings is 1. The third kappa shape index (κ3) is 2.04. The number of aryl methyl sites for hydroxylation is 1. The molecule has 0 fully saturated rings. The molecule has 0 radical (unpaired) electrons. The van der Waals surface area contributed by atoms with Gasteiger partial charge in [-0.15, -0.1) is 0 Å². The first-order valence-electron chi connectivity index (χ1n) is 7.00. The van der Waals surface area contributed by atoms with E-state index in [1.54, 1.807) is 22.8 Å². The van der Waals surface area contributed by atoms with Crippen LogP contribution in [0.15, 0.2) is 27.4 Å². The van der Waals surface area contributed by atoms with Gasteiger partial charge in [-0.1, -0.05) is 29.3 Å². The molecule has 0 saturated carbocycles. The lowest BCUT2D eigenvalue weighted by molar-refractivity contribution is 0.494. The minimum absolute atomic E-state index is 0.169. The second kappa shape index (κ2) is 5.11. The summed E-state index contributed by atoms with van der Waals surface area (Å²) in [5.41, 5.74) is 0.768. The van der Waals surface area contributed by atoms with E-state index in [0.717, 1.165) is 25.1 Å². The molecule has 0 amide bonds. The molecule has 0 aliphatic carbocycles. The first kappa shape index (κ1) is 13.8. The molecule has 4 rings (SSSR count). The highest BCUT2D eigenvalue weighted by Gasteiger charge is 2.21. The van der Waals surface area contributed by atoms with Crippen LogP contribution in [0.4, 0.5) is 0 Å². The van der Waals surface area contributed by atoms with Gasteiger partial charge in [0, 0.05) is 13.0 Å². The van der Waals surface area contributed by atoms with Crippen molar-refractivity contribution in [1.82, 2.24) is 14.5 Å². The Labute approximate surface area is 135 Å². The molecular weight excluding hydrogens is 325 g/mol. The molecule has 0 unspecified atom stereocenters. The Hall–Kier alpha value is -1.85. The molecule has 0 atom stereocenters. The molecule has 1 aliphatic rings. The average Bonchev–Trinajstić information content (AvgIpc) is 2.91. The van der Waals surface area contributed by atoms with Gasteiger partial charge in [-0.2, -0.15) is 4.98 Å². The lowest BCUT2D eigenvalue weighted by Crippen LogP contribution is -2.28. The Morgan fingerprint density at radius 1 is 1.14 bits per heavy atom. The number of benzene rings is 1. The molecule has 0 bridgehead atoms. The van der Waals surface area contributed by atoms with Gasteiger partial charge < -0.3 is 4.42 Å². The van der Waals surface area contributed by atoms with Crippen molar-refractivity contribution in [2.24, 2.45) is 0 Å². The van der Waals surface area contributed by atoms with Crippen molar-refractivity contribution >= 4 is 34.4 Å². The van der Waals surface area contributed by atoms with Crippen LogP contribution in [0.25, 0.3) is 22.7 Å². The largest absolute Gasteiger partial charge is 0.417 e. The number of hydrogen-bond acceptors (Lipinski definition) is 4. The van der Waals surface area contributed by atoms with E-state index < -0.39 is 0 Å². The van der Waals surface area contributed by atoms with Crippen LogP contribution in [-0.4, -0.2) is 14.5 Å². The quantitative estimate of drug-likeness (QED) is 0.680. The van der Waals surface area contributed by atoms with Crippen LogP contribution in [0.1, 0.15) is 18.7 Å². The molecular formula is C15H11Cl2N3O2. The number of aromatic nitrogens is 3. The monoisotopic (exact) mass is 335 g/mol. The topological polar surface area (TPSA) is 60.9 Å². The third-order valence-electron chi connectivity index (χ3n) is 3.81. The molecule has 3 aromatic rings. The molecule has 0 saturated heterocycles. The van der Waals surface area contributed by atoms with Gasteiger partial charge in [0.2, 0.25) is 5.89 Å². The third-order valence-corrected chi connectivity index (χ3v) is 4.44. The predicted octanol–water partition coefficient (Wildman–Crippen LogP) is 3.69. The fourth-order valence-electron chi connectivity index (χ4n) is 2.73. The zero-order valence-corrected chi connectivity index (χ0v) is 13.0. The number of rotatable bonds is 1. The van der Waals surface area contributed by atoms with E-state index in [0.29, 0.717) is 22.2 Å². The fourth-order valence-corrected chi connectivity index (χ4v) is 3.29. The van der Waals surface area contributed by atoms with Gasteiger partial charge in [0.05, 0.1) is 15.6 Å². The maximum Gasteiger partial charge on any atom is 0.283 e. The number of fused-ring (bicyclic) bond motifs is 2. The molecule has 3 heterocycles. The van der Waals surface area contributed by atoms with Crippen LogP contribution in [0, 0.1) is 0 Å². The van der Waals surface area contributed by atoms with E-state index in [9.17, 15) is 4.79 Å². The summed E-state index contributed by atoms with van der Waals surface area (Å²) in [7, 11) is 0. The molecule has 7 heteroatoms. The highest BCUT2D eigenvalue weighted by molar-refractivity contribution is 6.38. The van der Waals surface area contributed by atoms with Crippen LogP contribution >= 0.6 is 23.2 Å². The van der Waals surface area contributed by atoms with Gasteiger partial charge in [0.25, 0.3) is 11.3 Å². The lowest BCUT2D eigenvalue weighted by atomic mass is 10.1. The molecule has 1 aromatic carbocycles. The normalized spacial score (nSPS) is 14.3. The van der Waals surface area contributed by atoms with Gasteiger partial charge in [0.15, 0.2) is 5.52 Å². The van der Waals surface area contributed by atoms with Gasteiger partial charge in [-0.05, 0) is 25.0 Å². The maximum atomic E-state index is 12.5. The molecule has 1 aliphatic heterocycles. The Morgan fingerprint density at radius 3 is 2.68 bits per heavy atom. The van der Waals surface area contributed by atoms with E-state index in [2.05, 4.69) is 9.97 Å². The highest BCUT2D eigenvalue weighted by atomic mass is 35.5. The fraction of sp³-hybridized carbons (Fsp3) is 0.267. The molecule has 5 nitrogen and oxygen atoms in total. The van der Waals surface area contributed by atoms with Gasteiger partial charge in [-0.25, -0.2) is 4.98 Å². The Bertz CT molecular complexity index is 926. The summed E-state index contributed by atoms with van der Waals surface area (Å²) in [6.45, 7) is 0.673. The molecule has 2 aromatic heterocycles. The standard InChI is InChI=1S/C15H11Cl2N3O2/c16-8-4-3-5-9(17)11(8)13-19-12-14(22-13)18-10-6-1-2-7-20(10)15(12)21/h3-5H,1-2,6-7H2. The maximum absolute atomic E-state index is 12.5. The molecule has 0 N–H and O–H groups in total. The SMILES string of the molecule is O=c1c2nc(-c3c(Cl)cccc3Cl)oc2nc2n1CCCC2. The zero-order valence-electron chi connectivity index (χ0n) is 11.5. The number of nitrogens with zero attached hydrogens (tertiary/aromatic N) is 3. The van der Waals surface area contributed by atoms with E-state index in [4.69, 9.17) is 27.6 Å². The van der Waals surface area contributed by atoms with Crippen molar-refractivity contribution in [3.05, 3.63) is 44.4 Å². The van der Waals surface area contributed by atoms with Gasteiger partial charge in [0.1, 0.15) is 5.82 Å². The van der Waals surface area contributed by atoms with E-state index in [1.165, 1.54) is 0 Å². The molecule has 112 valence electrons. The van der Waals surface area contributed by atoms with Gasteiger partial charge >= 0.3 is 0 Å². The van der Waals surface area contributed by atoms with Crippen LogP contribution < -0.4 is 5.56 Å². The van der Waals surface area contributed by atoms with Crippen molar-refractivity contribution in [1.29, 1.82) is 0 Å². The Kier molecular flexibility index (Phi) is 3.20. The van der Waals surface area contributed by atoms with E-state index in [-0.39, 0.29) is 22.7 Å². The van der Waals surface area contributed by atoms with Crippen LogP contribution in [0.2, 0.25) is 10.0 Å². The summed E-state index contributed by atoms with van der Waals surface area (Å²) in [5.74, 6) is 0.967. The van der Waals surface area contributed by atoms with Crippen molar-refractivity contribution in [2.45, 2.75) is 25.8 Å². The van der Waals surface area contributed by atoms with E-state index >= 15 is 0 Å². The molecule has 0 spiro atoms. The summed E-state index contributed by atoms with van der Waals surface area (Å²) in [6, 6.07) is 5.13. The Morgan fingerprint density at radius 2 is 1.91 bits per heavy atom. The molecule has 22 heavy (non-hydrogen) atoms. The summed E-state index contributed by atoms with van der Waals surface area (Å²) >= 11 is 12.3. The highest BCUT2D eigenvalue weighted by Crippen LogP contribution is 2.34. The Balaban J connectivity index is 1.99. The summed E-state index contributed by atoms with van der Waals surface area (Å²) in [6.07, 6.45) is 2.77. The van der Waals surface area contributed by atoms with Crippen LogP contribution in [0.3, 0.4) is 0 Å². The van der Waals surface area contributed by atoms with Crippen molar-refractivity contribution < 1.29 is 4.42 Å². The second-order valence-corrected chi connectivity index (χ2v) is 6.03. The van der Waals surface area contributed by atoms with Crippen molar-refractivity contribution in [3.63, 3.8) is 0 Å². The van der Waals surface area contributed by atoms with Crippen LogP contribution in [0.5, 0.6) is 0 Å². The second-order valence-electron chi connectivity index (χ2n) is 5.21. The number of hydrogen-bond donors (Lipinski definition) is 0. The summed E-state index contributed by atoms with van der Waals surface area (Å²) in [4.78, 5) is 21.2. The zero-order chi connectivity index (χ0) is 15.3. The summed E-state index contributed by atoms with van der Waals surface area (Å²) < 4.78 is 7.33. The van der Waals surface area contributed by atoms with E-state index in [1.807, 2.05) is 0 Å². The average molecular weight is 336 g/mol.